The van der Waals surface area contributed by atoms with Crippen LogP contribution >= 0.6 is 43.2 Å². The molecule has 13 heavy (non-hydrogen) atoms. The smallest absolute Gasteiger partial charge is 0.230 e. The number of carbonyl (C=O) groups excluding carboxylic acids is 1. The van der Waals surface area contributed by atoms with Crippen molar-refractivity contribution in [2.75, 3.05) is 11.4 Å². The summed E-state index contributed by atoms with van der Waals surface area (Å²) >= 11 is 7.98. The van der Waals surface area contributed by atoms with Gasteiger partial charge < -0.3 is 0 Å². The first-order valence-corrected chi connectivity index (χ1v) is 6.13. The number of halogens is 2. The molecular weight excluding hydrogens is 322 g/mol. The van der Waals surface area contributed by atoms with Gasteiger partial charge in [0.2, 0.25) is 11.0 Å². The molecule has 2 rings (SSSR count). The quantitative estimate of drug-likeness (QED) is 0.739. The highest BCUT2D eigenvalue weighted by Gasteiger charge is 2.30. The zero-order chi connectivity index (χ0) is 9.42. The molecule has 7 heteroatoms. The van der Waals surface area contributed by atoms with E-state index in [0.717, 1.165) is 0 Å². The molecule has 1 atom stereocenters. The Morgan fingerprint density at radius 2 is 2.31 bits per heavy atom. The summed E-state index contributed by atoms with van der Waals surface area (Å²) < 4.78 is 0.702. The number of rotatable bonds is 1. The molecule has 0 radical (unpaired) electrons. The van der Waals surface area contributed by atoms with Gasteiger partial charge in [0.1, 0.15) is 0 Å². The number of nitrogens with zero attached hydrogens (tertiary/aromatic N) is 3. The van der Waals surface area contributed by atoms with Crippen LogP contribution < -0.4 is 4.90 Å². The van der Waals surface area contributed by atoms with E-state index in [0.29, 0.717) is 22.0 Å². The number of aromatic nitrogens is 2. The van der Waals surface area contributed by atoms with Crippen LogP contribution in [0.3, 0.4) is 0 Å². The maximum absolute atomic E-state index is 11.4. The Bertz CT molecular complexity index is 342. The molecule has 1 aliphatic rings. The van der Waals surface area contributed by atoms with Crippen molar-refractivity contribution in [3.63, 3.8) is 0 Å². The van der Waals surface area contributed by atoms with E-state index in [1.54, 1.807) is 4.90 Å². The summed E-state index contributed by atoms with van der Waals surface area (Å²) in [5, 5.41) is 8.35. The average molecular weight is 327 g/mol. The lowest BCUT2D eigenvalue weighted by Crippen LogP contribution is -2.24. The molecule has 1 fully saturated rings. The summed E-state index contributed by atoms with van der Waals surface area (Å²) in [6.45, 7) is 0.681. The van der Waals surface area contributed by atoms with E-state index in [1.807, 2.05) is 0 Å². The van der Waals surface area contributed by atoms with Crippen LogP contribution in [-0.2, 0) is 4.79 Å². The van der Waals surface area contributed by atoms with E-state index in [-0.39, 0.29) is 10.7 Å². The fraction of sp³-hybridized carbons (Fsp3) is 0.500. The second kappa shape index (κ2) is 3.62. The first-order valence-electron chi connectivity index (χ1n) is 3.60. The fourth-order valence-electron chi connectivity index (χ4n) is 1.16. The Labute approximate surface area is 95.6 Å². The van der Waals surface area contributed by atoms with Gasteiger partial charge in [0.05, 0.1) is 0 Å². The number of carbonyl (C=O) groups is 1. The highest BCUT2D eigenvalue weighted by molar-refractivity contribution is 9.11. The van der Waals surface area contributed by atoms with Crippen molar-refractivity contribution in [2.45, 2.75) is 11.2 Å². The molecule has 1 aromatic rings. The maximum atomic E-state index is 11.4. The minimum Gasteiger partial charge on any atom is -0.285 e. The van der Waals surface area contributed by atoms with Crippen LogP contribution in [-0.4, -0.2) is 27.5 Å². The Balaban J connectivity index is 2.22. The average Bonchev–Trinajstić information content (AvgIpc) is 2.58. The number of amides is 1. The van der Waals surface area contributed by atoms with Gasteiger partial charge in [-0.1, -0.05) is 27.3 Å². The summed E-state index contributed by atoms with van der Waals surface area (Å²) in [7, 11) is 0. The van der Waals surface area contributed by atoms with E-state index in [4.69, 9.17) is 0 Å². The lowest BCUT2D eigenvalue weighted by molar-refractivity contribution is -0.117. The Morgan fingerprint density at radius 3 is 2.77 bits per heavy atom. The van der Waals surface area contributed by atoms with Crippen molar-refractivity contribution in [1.82, 2.24) is 10.2 Å². The van der Waals surface area contributed by atoms with Gasteiger partial charge in [0, 0.05) is 17.8 Å². The summed E-state index contributed by atoms with van der Waals surface area (Å²) in [6.07, 6.45) is 0.539. The van der Waals surface area contributed by atoms with Crippen molar-refractivity contribution in [3.05, 3.63) is 3.92 Å². The molecule has 1 unspecified atom stereocenters. The molecule has 1 aromatic heterocycles. The van der Waals surface area contributed by atoms with Gasteiger partial charge in [-0.2, -0.15) is 0 Å². The first kappa shape index (κ1) is 9.54. The second-order valence-electron chi connectivity index (χ2n) is 2.64. The largest absolute Gasteiger partial charge is 0.285 e. The molecule has 0 aromatic carbocycles. The van der Waals surface area contributed by atoms with Crippen LogP contribution in [0.5, 0.6) is 0 Å². The van der Waals surface area contributed by atoms with Crippen molar-refractivity contribution < 1.29 is 4.79 Å². The number of alkyl halides is 1. The van der Waals surface area contributed by atoms with Crippen LogP contribution in [0.4, 0.5) is 5.13 Å². The zero-order valence-corrected chi connectivity index (χ0v) is 10.4. The number of anilines is 1. The van der Waals surface area contributed by atoms with Crippen LogP contribution in [0.25, 0.3) is 0 Å². The van der Waals surface area contributed by atoms with Gasteiger partial charge in [-0.15, -0.1) is 10.2 Å². The number of hydrogen-bond donors (Lipinski definition) is 0. The molecule has 1 aliphatic heterocycles. The third-order valence-corrected chi connectivity index (χ3v) is 3.69. The molecule has 2 heterocycles. The predicted molar refractivity (Wildman–Crippen MR) is 57.3 cm³/mol. The second-order valence-corrected chi connectivity index (χ2v) is 6.17. The molecule has 1 saturated heterocycles. The molecule has 4 nitrogen and oxygen atoms in total. The lowest BCUT2D eigenvalue weighted by atomic mass is 10.4. The molecule has 70 valence electrons. The fourth-order valence-corrected chi connectivity index (χ4v) is 2.84. The monoisotopic (exact) mass is 325 g/mol. The minimum absolute atomic E-state index is 0.102. The van der Waals surface area contributed by atoms with Crippen LogP contribution in [0.2, 0.25) is 0 Å². The van der Waals surface area contributed by atoms with E-state index in [9.17, 15) is 4.79 Å². The van der Waals surface area contributed by atoms with Crippen molar-refractivity contribution in [3.8, 4) is 0 Å². The van der Waals surface area contributed by atoms with Crippen LogP contribution in [0, 0.1) is 0 Å². The van der Waals surface area contributed by atoms with Crippen LogP contribution in [0.1, 0.15) is 6.42 Å². The normalized spacial score (nSPS) is 22.8. The summed E-state index contributed by atoms with van der Waals surface area (Å²) in [4.78, 5) is 13.3. The summed E-state index contributed by atoms with van der Waals surface area (Å²) in [5.74, 6) is 0.102. The molecule has 0 spiro atoms. The third kappa shape index (κ3) is 1.92. The van der Waals surface area contributed by atoms with E-state index in [1.165, 1.54) is 11.3 Å². The Hall–Kier alpha value is -0.0100. The third-order valence-electron chi connectivity index (χ3n) is 1.70. The highest BCUT2D eigenvalue weighted by Crippen LogP contribution is 2.29. The van der Waals surface area contributed by atoms with E-state index < -0.39 is 0 Å². The maximum Gasteiger partial charge on any atom is 0.230 e. The first-order chi connectivity index (χ1) is 6.16. The molecule has 0 aliphatic carbocycles. The van der Waals surface area contributed by atoms with Gasteiger partial charge in [0.15, 0.2) is 3.92 Å². The zero-order valence-electron chi connectivity index (χ0n) is 6.41. The number of hydrogen-bond acceptors (Lipinski definition) is 4. The standard InChI is InChI=1S/C6H5Br2N3OS/c7-3-1-4(12)11(2-3)6-10-9-5(8)13-6/h3H,1-2H2. The SMILES string of the molecule is O=C1CC(Br)CN1c1nnc(Br)s1. The van der Waals surface area contributed by atoms with E-state index >= 15 is 0 Å². The van der Waals surface area contributed by atoms with Crippen LogP contribution in [0.15, 0.2) is 3.92 Å². The van der Waals surface area contributed by atoms with Gasteiger partial charge >= 0.3 is 0 Å². The van der Waals surface area contributed by atoms with Crippen molar-refractivity contribution >= 4 is 54.2 Å². The topological polar surface area (TPSA) is 46.1 Å². The summed E-state index contributed by atoms with van der Waals surface area (Å²) in [6, 6.07) is 0. The molecule has 0 bridgehead atoms. The molecular formula is C6H5Br2N3OS. The molecule has 0 N–H and O–H groups in total. The summed E-state index contributed by atoms with van der Waals surface area (Å²) in [5.41, 5.74) is 0. The van der Waals surface area contributed by atoms with Gasteiger partial charge in [-0.3, -0.25) is 9.69 Å². The lowest BCUT2D eigenvalue weighted by Gasteiger charge is -2.09. The highest BCUT2D eigenvalue weighted by atomic mass is 79.9. The van der Waals surface area contributed by atoms with E-state index in [2.05, 4.69) is 42.1 Å². The molecule has 0 saturated carbocycles. The van der Waals surface area contributed by atoms with Gasteiger partial charge in [-0.05, 0) is 15.9 Å². The van der Waals surface area contributed by atoms with Crippen molar-refractivity contribution in [1.29, 1.82) is 0 Å². The predicted octanol–water partition coefficient (Wildman–Crippen LogP) is 1.80. The van der Waals surface area contributed by atoms with Gasteiger partial charge in [0.25, 0.3) is 0 Å². The van der Waals surface area contributed by atoms with Gasteiger partial charge in [-0.25, -0.2) is 0 Å². The molecule has 1 amide bonds. The Morgan fingerprint density at radius 1 is 1.54 bits per heavy atom. The minimum atomic E-state index is 0.102. The Kier molecular flexibility index (Phi) is 2.66. The van der Waals surface area contributed by atoms with Crippen molar-refractivity contribution in [2.24, 2.45) is 0 Å².